The lowest BCUT2D eigenvalue weighted by molar-refractivity contribution is -0.384. The van der Waals surface area contributed by atoms with E-state index < -0.39 is 22.3 Å². The van der Waals surface area contributed by atoms with Crippen LogP contribution in [0.15, 0.2) is 18.2 Å². The van der Waals surface area contributed by atoms with Crippen molar-refractivity contribution in [2.45, 2.75) is 51.5 Å². The molecule has 1 saturated heterocycles. The summed E-state index contributed by atoms with van der Waals surface area (Å²) < 4.78 is 0. The highest BCUT2D eigenvalue weighted by molar-refractivity contribution is 5.96. The molecule has 1 saturated carbocycles. The van der Waals surface area contributed by atoms with Gasteiger partial charge in [0.25, 0.3) is 11.6 Å². The minimum atomic E-state index is -0.963. The Morgan fingerprint density at radius 2 is 1.93 bits per heavy atom. The first-order chi connectivity index (χ1) is 13.2. The molecule has 1 aliphatic heterocycles. The molecular weight excluding hydrogens is 362 g/mol. The van der Waals surface area contributed by atoms with Gasteiger partial charge in [0.15, 0.2) is 0 Å². The number of anilines is 1. The van der Waals surface area contributed by atoms with Crippen molar-refractivity contribution in [2.75, 3.05) is 18.0 Å². The van der Waals surface area contributed by atoms with Crippen molar-refractivity contribution >= 4 is 23.3 Å². The minimum absolute atomic E-state index is 0.0881. The molecule has 0 radical (unpaired) electrons. The average molecular weight is 389 g/mol. The van der Waals surface area contributed by atoms with E-state index in [0.29, 0.717) is 30.4 Å². The topological polar surface area (TPSA) is 113 Å². The molecule has 28 heavy (non-hydrogen) atoms. The zero-order valence-electron chi connectivity index (χ0n) is 16.3. The molecule has 0 aromatic heterocycles. The third-order valence-corrected chi connectivity index (χ3v) is 5.82. The first-order valence-electron chi connectivity index (χ1n) is 9.77. The predicted octanol–water partition coefficient (Wildman–Crippen LogP) is 3.20. The normalized spacial score (nSPS) is 23.6. The Hall–Kier alpha value is -2.64. The second-order valence-electron chi connectivity index (χ2n) is 8.47. The predicted molar refractivity (Wildman–Crippen MR) is 105 cm³/mol. The number of carboxylic acid groups (broad SMARTS) is 1. The average Bonchev–Trinajstić information content (AvgIpc) is 2.57. The lowest BCUT2D eigenvalue weighted by atomic mass is 9.74. The van der Waals surface area contributed by atoms with Gasteiger partial charge in [-0.05, 0) is 49.7 Å². The number of carbonyl (C=O) groups is 2. The maximum absolute atomic E-state index is 12.7. The largest absolute Gasteiger partial charge is 0.481 e. The van der Waals surface area contributed by atoms with Gasteiger partial charge in [-0.2, -0.15) is 0 Å². The van der Waals surface area contributed by atoms with E-state index in [9.17, 15) is 19.7 Å². The van der Waals surface area contributed by atoms with Crippen LogP contribution in [0.4, 0.5) is 11.4 Å². The first-order valence-corrected chi connectivity index (χ1v) is 9.77. The number of aliphatic carboxylic acids is 1. The standard InChI is InChI=1S/C20H27N3O5/c1-13-8-14(2)12-22(11-13)16-5-4-15(9-17(16)23(27)28)19(26)21-20(6-3-7-20)10-18(24)25/h4-5,9,13-14H,3,6-8,10-12H2,1-2H3,(H,21,26)(H,24,25). The third kappa shape index (κ3) is 4.26. The van der Waals surface area contributed by atoms with Crippen molar-refractivity contribution in [3.05, 3.63) is 33.9 Å². The van der Waals surface area contributed by atoms with Gasteiger partial charge < -0.3 is 15.3 Å². The number of nitro groups is 1. The molecule has 3 rings (SSSR count). The number of hydrogen-bond acceptors (Lipinski definition) is 5. The van der Waals surface area contributed by atoms with Gasteiger partial charge >= 0.3 is 5.97 Å². The van der Waals surface area contributed by atoms with Gasteiger partial charge in [0.05, 0.1) is 16.9 Å². The molecular formula is C20H27N3O5. The number of amides is 1. The number of hydrogen-bond donors (Lipinski definition) is 2. The van der Waals surface area contributed by atoms with Gasteiger partial charge in [0.2, 0.25) is 0 Å². The number of nitro benzene ring substituents is 1. The molecule has 2 aliphatic rings. The quantitative estimate of drug-likeness (QED) is 0.571. The van der Waals surface area contributed by atoms with Crippen molar-refractivity contribution < 1.29 is 19.6 Å². The van der Waals surface area contributed by atoms with Crippen molar-refractivity contribution in [2.24, 2.45) is 11.8 Å². The Morgan fingerprint density at radius 1 is 1.29 bits per heavy atom. The molecule has 8 heteroatoms. The molecule has 0 spiro atoms. The van der Waals surface area contributed by atoms with Crippen LogP contribution in [0.3, 0.4) is 0 Å². The maximum atomic E-state index is 12.7. The molecule has 2 atom stereocenters. The minimum Gasteiger partial charge on any atom is -0.481 e. The van der Waals surface area contributed by atoms with E-state index in [1.54, 1.807) is 12.1 Å². The fourth-order valence-electron chi connectivity index (χ4n) is 4.49. The number of carbonyl (C=O) groups excluding carboxylic acids is 1. The summed E-state index contributed by atoms with van der Waals surface area (Å²) in [6.07, 6.45) is 3.03. The molecule has 1 heterocycles. The number of rotatable bonds is 6. The molecule has 2 fully saturated rings. The smallest absolute Gasteiger partial charge is 0.305 e. The second kappa shape index (κ2) is 7.77. The summed E-state index contributed by atoms with van der Waals surface area (Å²) in [6, 6.07) is 4.54. The Kier molecular flexibility index (Phi) is 5.58. The Balaban J connectivity index is 1.83. The van der Waals surface area contributed by atoms with E-state index in [4.69, 9.17) is 5.11 Å². The molecule has 152 valence electrons. The Bertz CT molecular complexity index is 780. The second-order valence-corrected chi connectivity index (χ2v) is 8.47. The van der Waals surface area contributed by atoms with Gasteiger partial charge in [-0.1, -0.05) is 13.8 Å². The van der Waals surface area contributed by atoms with Crippen LogP contribution < -0.4 is 10.2 Å². The molecule has 1 aliphatic carbocycles. The molecule has 1 aromatic rings. The number of carboxylic acids is 1. The van der Waals surface area contributed by atoms with E-state index in [2.05, 4.69) is 19.2 Å². The summed E-state index contributed by atoms with van der Waals surface area (Å²) in [5.41, 5.74) is -0.113. The van der Waals surface area contributed by atoms with E-state index in [0.717, 1.165) is 25.9 Å². The van der Waals surface area contributed by atoms with Crippen LogP contribution in [0.25, 0.3) is 0 Å². The van der Waals surface area contributed by atoms with Crippen LogP contribution in [0.5, 0.6) is 0 Å². The van der Waals surface area contributed by atoms with Crippen LogP contribution in [-0.2, 0) is 4.79 Å². The summed E-state index contributed by atoms with van der Waals surface area (Å²) in [7, 11) is 0. The summed E-state index contributed by atoms with van der Waals surface area (Å²) in [5.74, 6) is -0.535. The van der Waals surface area contributed by atoms with Gasteiger partial charge in [-0.3, -0.25) is 19.7 Å². The molecule has 0 bridgehead atoms. The van der Waals surface area contributed by atoms with Gasteiger partial charge in [-0.25, -0.2) is 0 Å². The van der Waals surface area contributed by atoms with E-state index in [1.807, 2.05) is 4.90 Å². The highest BCUT2D eigenvalue weighted by atomic mass is 16.6. The van der Waals surface area contributed by atoms with Crippen molar-refractivity contribution in [3.63, 3.8) is 0 Å². The van der Waals surface area contributed by atoms with Gasteiger partial charge in [0, 0.05) is 24.7 Å². The number of piperidine rings is 1. The zero-order valence-corrected chi connectivity index (χ0v) is 16.3. The Morgan fingerprint density at radius 3 is 2.43 bits per heavy atom. The highest BCUT2D eigenvalue weighted by Gasteiger charge is 2.40. The van der Waals surface area contributed by atoms with Gasteiger partial charge in [-0.15, -0.1) is 0 Å². The molecule has 1 aromatic carbocycles. The van der Waals surface area contributed by atoms with Gasteiger partial charge in [0.1, 0.15) is 5.69 Å². The monoisotopic (exact) mass is 389 g/mol. The van der Waals surface area contributed by atoms with Crippen LogP contribution in [0, 0.1) is 22.0 Å². The molecule has 1 amide bonds. The Labute approximate surface area is 164 Å². The summed E-state index contributed by atoms with van der Waals surface area (Å²) in [5, 5.41) is 23.6. The van der Waals surface area contributed by atoms with Crippen molar-refractivity contribution in [3.8, 4) is 0 Å². The lowest BCUT2D eigenvalue weighted by Gasteiger charge is -2.41. The van der Waals surface area contributed by atoms with E-state index in [1.165, 1.54) is 6.07 Å². The highest BCUT2D eigenvalue weighted by Crippen LogP contribution is 2.36. The zero-order chi connectivity index (χ0) is 20.5. The van der Waals surface area contributed by atoms with Crippen LogP contribution in [0.1, 0.15) is 56.3 Å². The number of nitrogens with one attached hydrogen (secondary N) is 1. The maximum Gasteiger partial charge on any atom is 0.305 e. The summed E-state index contributed by atoms with van der Waals surface area (Å²) in [6.45, 7) is 5.77. The first kappa shape index (κ1) is 20.1. The summed E-state index contributed by atoms with van der Waals surface area (Å²) >= 11 is 0. The molecule has 2 unspecified atom stereocenters. The lowest BCUT2D eigenvalue weighted by Crippen LogP contribution is -2.54. The van der Waals surface area contributed by atoms with Crippen LogP contribution in [0.2, 0.25) is 0 Å². The fourth-order valence-corrected chi connectivity index (χ4v) is 4.49. The van der Waals surface area contributed by atoms with Crippen LogP contribution >= 0.6 is 0 Å². The SMILES string of the molecule is CC1CC(C)CN(c2ccc(C(=O)NC3(CC(=O)O)CCC3)cc2[N+](=O)[O-])C1. The van der Waals surface area contributed by atoms with Crippen molar-refractivity contribution in [1.82, 2.24) is 5.32 Å². The third-order valence-electron chi connectivity index (χ3n) is 5.82. The van der Waals surface area contributed by atoms with Crippen molar-refractivity contribution in [1.29, 1.82) is 0 Å². The number of nitrogens with zero attached hydrogens (tertiary/aromatic N) is 2. The summed E-state index contributed by atoms with van der Waals surface area (Å²) in [4.78, 5) is 37.0. The molecule has 2 N–H and O–H groups in total. The molecule has 8 nitrogen and oxygen atoms in total. The van der Waals surface area contributed by atoms with Crippen LogP contribution in [-0.4, -0.2) is 40.5 Å². The fraction of sp³-hybridized carbons (Fsp3) is 0.600. The number of benzene rings is 1. The van der Waals surface area contributed by atoms with E-state index in [-0.39, 0.29) is 17.7 Å². The van der Waals surface area contributed by atoms with E-state index >= 15 is 0 Å².